The highest BCUT2D eigenvalue weighted by Crippen LogP contribution is 2.38. The largest absolute Gasteiger partial charge is 0.316 e. The molecule has 1 aliphatic rings. The Labute approximate surface area is 126 Å². The van der Waals surface area contributed by atoms with Gasteiger partial charge in [-0.05, 0) is 54.1 Å². The van der Waals surface area contributed by atoms with E-state index in [1.807, 2.05) is 6.07 Å². The van der Waals surface area contributed by atoms with Gasteiger partial charge in [0.25, 0.3) is 0 Å². The molecule has 2 aromatic carbocycles. The Bertz CT molecular complexity index is 608. The Morgan fingerprint density at radius 2 is 1.95 bits per heavy atom. The molecule has 0 aromatic heterocycles. The Balaban J connectivity index is 1.98. The van der Waals surface area contributed by atoms with Crippen LogP contribution in [-0.2, 0) is 6.42 Å². The Hall–Kier alpha value is -1.67. The molecule has 1 nitrogen and oxygen atoms in total. The van der Waals surface area contributed by atoms with E-state index in [0.29, 0.717) is 11.8 Å². The fourth-order valence-corrected chi connectivity index (χ4v) is 3.54. The van der Waals surface area contributed by atoms with E-state index in [1.54, 1.807) is 6.07 Å². The highest BCUT2D eigenvalue weighted by Gasteiger charge is 2.28. The first-order valence-electron chi connectivity index (χ1n) is 7.83. The first-order chi connectivity index (χ1) is 10.3. The van der Waals surface area contributed by atoms with E-state index >= 15 is 0 Å². The van der Waals surface area contributed by atoms with Crippen molar-refractivity contribution in [3.05, 3.63) is 71.0 Å². The Kier molecular flexibility index (Phi) is 4.35. The molecular weight excluding hydrogens is 261 g/mol. The van der Waals surface area contributed by atoms with Crippen LogP contribution < -0.4 is 5.32 Å². The molecule has 1 saturated heterocycles. The monoisotopic (exact) mass is 283 g/mol. The predicted octanol–water partition coefficient (Wildman–Crippen LogP) is 4.25. The van der Waals surface area contributed by atoms with Crippen molar-refractivity contribution in [2.75, 3.05) is 13.1 Å². The van der Waals surface area contributed by atoms with Gasteiger partial charge in [-0.1, -0.05) is 43.3 Å². The van der Waals surface area contributed by atoms with E-state index in [2.05, 4.69) is 42.6 Å². The van der Waals surface area contributed by atoms with Crippen molar-refractivity contribution < 1.29 is 4.39 Å². The van der Waals surface area contributed by atoms with Crippen molar-refractivity contribution in [3.63, 3.8) is 0 Å². The lowest BCUT2D eigenvalue weighted by molar-refractivity contribution is 0.401. The smallest absolute Gasteiger partial charge is 0.123 e. The molecule has 21 heavy (non-hydrogen) atoms. The van der Waals surface area contributed by atoms with Crippen molar-refractivity contribution in [1.82, 2.24) is 5.32 Å². The SMILES string of the molecule is CCc1ccccc1C1CCNCC1c1cccc(F)c1. The summed E-state index contributed by atoms with van der Waals surface area (Å²) in [7, 11) is 0. The van der Waals surface area contributed by atoms with Gasteiger partial charge in [-0.3, -0.25) is 0 Å². The number of hydrogen-bond donors (Lipinski definition) is 1. The summed E-state index contributed by atoms with van der Waals surface area (Å²) >= 11 is 0. The first kappa shape index (κ1) is 14.3. The van der Waals surface area contributed by atoms with Gasteiger partial charge >= 0.3 is 0 Å². The summed E-state index contributed by atoms with van der Waals surface area (Å²) in [4.78, 5) is 0. The van der Waals surface area contributed by atoms with Crippen molar-refractivity contribution in [3.8, 4) is 0 Å². The zero-order valence-corrected chi connectivity index (χ0v) is 12.5. The summed E-state index contributed by atoms with van der Waals surface area (Å²) in [6.07, 6.45) is 2.16. The maximum Gasteiger partial charge on any atom is 0.123 e. The van der Waals surface area contributed by atoms with Crippen LogP contribution in [0.2, 0.25) is 0 Å². The van der Waals surface area contributed by atoms with Gasteiger partial charge in [-0.2, -0.15) is 0 Å². The molecule has 2 atom stereocenters. The fraction of sp³-hybridized carbons (Fsp3) is 0.368. The lowest BCUT2D eigenvalue weighted by Gasteiger charge is -2.34. The third-order valence-electron chi connectivity index (χ3n) is 4.59. The minimum absolute atomic E-state index is 0.138. The number of rotatable bonds is 3. The normalized spacial score (nSPS) is 22.2. The van der Waals surface area contributed by atoms with Crippen LogP contribution in [0.3, 0.4) is 0 Å². The molecule has 0 aliphatic carbocycles. The predicted molar refractivity (Wildman–Crippen MR) is 85.2 cm³/mol. The average molecular weight is 283 g/mol. The van der Waals surface area contributed by atoms with Gasteiger partial charge in [0.15, 0.2) is 0 Å². The van der Waals surface area contributed by atoms with Gasteiger partial charge in [-0.15, -0.1) is 0 Å². The standard InChI is InChI=1S/C19H22FN/c1-2-14-6-3-4-9-17(14)18-10-11-21-13-19(18)15-7-5-8-16(20)12-15/h3-9,12,18-19,21H,2,10-11,13H2,1H3. The molecule has 0 saturated carbocycles. The summed E-state index contributed by atoms with van der Waals surface area (Å²) in [5.74, 6) is 0.687. The molecule has 0 spiro atoms. The zero-order valence-electron chi connectivity index (χ0n) is 12.5. The third-order valence-corrected chi connectivity index (χ3v) is 4.59. The van der Waals surface area contributed by atoms with Crippen LogP contribution in [-0.4, -0.2) is 13.1 Å². The van der Waals surface area contributed by atoms with Crippen LogP contribution >= 0.6 is 0 Å². The highest BCUT2D eigenvalue weighted by atomic mass is 19.1. The van der Waals surface area contributed by atoms with Gasteiger partial charge in [-0.25, -0.2) is 4.39 Å². The van der Waals surface area contributed by atoms with E-state index in [0.717, 1.165) is 31.5 Å². The van der Waals surface area contributed by atoms with Crippen molar-refractivity contribution in [1.29, 1.82) is 0 Å². The molecule has 2 heteroatoms. The fourth-order valence-electron chi connectivity index (χ4n) is 3.54. The minimum atomic E-state index is -0.138. The summed E-state index contributed by atoms with van der Waals surface area (Å²) in [5.41, 5.74) is 3.97. The first-order valence-corrected chi connectivity index (χ1v) is 7.83. The molecule has 0 radical (unpaired) electrons. The molecule has 2 unspecified atom stereocenters. The Morgan fingerprint density at radius 1 is 1.10 bits per heavy atom. The topological polar surface area (TPSA) is 12.0 Å². The number of halogens is 1. The van der Waals surface area contributed by atoms with Crippen molar-refractivity contribution in [2.45, 2.75) is 31.6 Å². The van der Waals surface area contributed by atoms with E-state index in [4.69, 9.17) is 0 Å². The average Bonchev–Trinajstić information content (AvgIpc) is 2.55. The number of piperidine rings is 1. The second-order valence-corrected chi connectivity index (χ2v) is 5.81. The second kappa shape index (κ2) is 6.40. The zero-order chi connectivity index (χ0) is 14.7. The second-order valence-electron chi connectivity index (χ2n) is 5.81. The molecule has 1 aliphatic heterocycles. The van der Waals surface area contributed by atoms with Gasteiger partial charge in [0.1, 0.15) is 5.82 Å². The lowest BCUT2D eigenvalue weighted by atomic mass is 9.76. The number of aryl methyl sites for hydroxylation is 1. The minimum Gasteiger partial charge on any atom is -0.316 e. The van der Waals surface area contributed by atoms with Crippen LogP contribution in [0.1, 0.15) is 41.9 Å². The molecule has 0 bridgehead atoms. The molecule has 1 fully saturated rings. The van der Waals surface area contributed by atoms with Crippen LogP contribution in [0.4, 0.5) is 4.39 Å². The molecule has 1 N–H and O–H groups in total. The Morgan fingerprint density at radius 3 is 2.76 bits per heavy atom. The molecule has 110 valence electrons. The van der Waals surface area contributed by atoms with Gasteiger partial charge in [0, 0.05) is 12.5 Å². The summed E-state index contributed by atoms with van der Waals surface area (Å²) in [6, 6.07) is 15.8. The van der Waals surface area contributed by atoms with Crippen LogP contribution in [0.15, 0.2) is 48.5 Å². The van der Waals surface area contributed by atoms with Crippen LogP contribution in [0.25, 0.3) is 0 Å². The third kappa shape index (κ3) is 3.01. The summed E-state index contributed by atoms with van der Waals surface area (Å²) in [5, 5.41) is 3.47. The molecule has 0 amide bonds. The van der Waals surface area contributed by atoms with Gasteiger partial charge in [0.2, 0.25) is 0 Å². The molecule has 3 rings (SSSR count). The van der Waals surface area contributed by atoms with E-state index < -0.39 is 0 Å². The van der Waals surface area contributed by atoms with Crippen LogP contribution in [0.5, 0.6) is 0 Å². The van der Waals surface area contributed by atoms with E-state index in [-0.39, 0.29) is 5.82 Å². The van der Waals surface area contributed by atoms with E-state index in [1.165, 1.54) is 17.2 Å². The molecular formula is C19H22FN. The number of hydrogen-bond acceptors (Lipinski definition) is 1. The number of benzene rings is 2. The molecule has 2 aromatic rings. The van der Waals surface area contributed by atoms with Gasteiger partial charge in [0.05, 0.1) is 0 Å². The quantitative estimate of drug-likeness (QED) is 0.888. The van der Waals surface area contributed by atoms with Crippen LogP contribution in [0, 0.1) is 5.82 Å². The van der Waals surface area contributed by atoms with Crippen molar-refractivity contribution in [2.24, 2.45) is 0 Å². The number of nitrogens with one attached hydrogen (secondary N) is 1. The molecule has 1 heterocycles. The maximum atomic E-state index is 13.6. The summed E-state index contributed by atoms with van der Waals surface area (Å²) in [6.45, 7) is 4.16. The highest BCUT2D eigenvalue weighted by molar-refractivity contribution is 5.35. The summed E-state index contributed by atoms with van der Waals surface area (Å²) < 4.78 is 13.6. The van der Waals surface area contributed by atoms with Crippen molar-refractivity contribution >= 4 is 0 Å². The lowest BCUT2D eigenvalue weighted by Crippen LogP contribution is -2.34. The van der Waals surface area contributed by atoms with Gasteiger partial charge < -0.3 is 5.32 Å². The van der Waals surface area contributed by atoms with E-state index in [9.17, 15) is 4.39 Å². The maximum absolute atomic E-state index is 13.6.